The van der Waals surface area contributed by atoms with Crippen LogP contribution in [0.5, 0.6) is 0 Å². The van der Waals surface area contributed by atoms with Crippen LogP contribution in [0.2, 0.25) is 0 Å². The van der Waals surface area contributed by atoms with Crippen molar-refractivity contribution < 1.29 is 22.8 Å². The average Bonchev–Trinajstić information content (AvgIpc) is 3.20. The number of aryl methyl sites for hydroxylation is 1. The predicted molar refractivity (Wildman–Crippen MR) is 76.7 cm³/mol. The Labute approximate surface area is 131 Å². The summed E-state index contributed by atoms with van der Waals surface area (Å²) in [7, 11) is 3.21. The lowest BCUT2D eigenvalue weighted by Crippen LogP contribution is -2.21. The van der Waals surface area contributed by atoms with Gasteiger partial charge in [0.15, 0.2) is 11.5 Å². The molecule has 0 aromatic carbocycles. The fourth-order valence-corrected chi connectivity index (χ4v) is 2.16. The molecule has 0 unspecified atom stereocenters. The van der Waals surface area contributed by atoms with Crippen molar-refractivity contribution in [1.29, 1.82) is 0 Å². The second-order valence-electron chi connectivity index (χ2n) is 5.72. The van der Waals surface area contributed by atoms with Gasteiger partial charge in [0.25, 0.3) is 0 Å². The number of carbonyl (C=O) groups is 2. The summed E-state index contributed by atoms with van der Waals surface area (Å²) >= 11 is 0. The molecular weight excluding hydrogens is 311 g/mol. The number of halogens is 3. The molecule has 1 aromatic rings. The molecule has 5 nitrogen and oxygen atoms in total. The van der Waals surface area contributed by atoms with E-state index in [2.05, 4.69) is 5.10 Å². The maximum Gasteiger partial charge on any atom is 0.435 e. The standard InChI is InChI=1S/C15H18F3N3O2/c1-4-21-8-11(14(19-21)15(16,17)18)13(23)10(7-20(2)3)12(22)9-5-6-9/h7-9H,4-6H2,1-3H3. The van der Waals surface area contributed by atoms with E-state index in [9.17, 15) is 22.8 Å². The summed E-state index contributed by atoms with van der Waals surface area (Å²) in [6.07, 6.45) is -1.09. The van der Waals surface area contributed by atoms with Gasteiger partial charge in [-0.1, -0.05) is 0 Å². The normalized spacial score (nSPS) is 15.7. The molecule has 1 fully saturated rings. The van der Waals surface area contributed by atoms with Crippen LogP contribution in [0.4, 0.5) is 13.2 Å². The molecule has 0 spiro atoms. The first-order valence-electron chi connectivity index (χ1n) is 7.27. The smallest absolute Gasteiger partial charge is 0.383 e. The Morgan fingerprint density at radius 3 is 2.43 bits per heavy atom. The Morgan fingerprint density at radius 2 is 2.00 bits per heavy atom. The molecule has 0 atom stereocenters. The van der Waals surface area contributed by atoms with E-state index >= 15 is 0 Å². The van der Waals surface area contributed by atoms with Gasteiger partial charge in [0.05, 0.1) is 11.1 Å². The van der Waals surface area contributed by atoms with E-state index in [1.807, 2.05) is 0 Å². The van der Waals surface area contributed by atoms with Crippen molar-refractivity contribution in [2.45, 2.75) is 32.5 Å². The van der Waals surface area contributed by atoms with Gasteiger partial charge in [0, 0.05) is 39.0 Å². The lowest BCUT2D eigenvalue weighted by molar-refractivity contribution is -0.141. The Bertz CT molecular complexity index is 655. The van der Waals surface area contributed by atoms with E-state index in [0.29, 0.717) is 12.8 Å². The van der Waals surface area contributed by atoms with E-state index < -0.39 is 29.0 Å². The van der Waals surface area contributed by atoms with Gasteiger partial charge in [-0.05, 0) is 19.8 Å². The van der Waals surface area contributed by atoms with E-state index in [-0.39, 0.29) is 18.0 Å². The lowest BCUT2D eigenvalue weighted by atomic mass is 9.98. The summed E-state index contributed by atoms with van der Waals surface area (Å²) in [6, 6.07) is 0. The maximum atomic E-state index is 13.1. The quantitative estimate of drug-likeness (QED) is 0.348. The molecule has 0 bridgehead atoms. The van der Waals surface area contributed by atoms with Crippen LogP contribution >= 0.6 is 0 Å². The summed E-state index contributed by atoms with van der Waals surface area (Å²) in [5.41, 5.74) is -2.06. The summed E-state index contributed by atoms with van der Waals surface area (Å²) in [6.45, 7) is 1.81. The fraction of sp³-hybridized carbons (Fsp3) is 0.533. The molecule has 0 aliphatic heterocycles. The molecule has 1 aliphatic rings. The van der Waals surface area contributed by atoms with Gasteiger partial charge in [0.2, 0.25) is 5.78 Å². The highest BCUT2D eigenvalue weighted by molar-refractivity contribution is 6.27. The number of ketones is 2. The van der Waals surface area contributed by atoms with E-state index in [4.69, 9.17) is 0 Å². The van der Waals surface area contributed by atoms with Crippen LogP contribution in [0, 0.1) is 5.92 Å². The first-order valence-corrected chi connectivity index (χ1v) is 7.27. The Morgan fingerprint density at radius 1 is 1.39 bits per heavy atom. The number of nitrogens with zero attached hydrogens (tertiary/aromatic N) is 3. The molecule has 0 radical (unpaired) electrons. The van der Waals surface area contributed by atoms with Crippen molar-refractivity contribution in [3.8, 4) is 0 Å². The van der Waals surface area contributed by atoms with Gasteiger partial charge >= 0.3 is 6.18 Å². The molecule has 0 N–H and O–H groups in total. The highest BCUT2D eigenvalue weighted by atomic mass is 19.4. The SMILES string of the molecule is CCn1cc(C(=O)C(=CN(C)C)C(=O)C2CC2)c(C(F)(F)F)n1. The minimum Gasteiger partial charge on any atom is -0.383 e. The minimum absolute atomic E-state index is 0.194. The molecule has 1 heterocycles. The van der Waals surface area contributed by atoms with Crippen LogP contribution in [-0.4, -0.2) is 40.3 Å². The minimum atomic E-state index is -4.75. The highest BCUT2D eigenvalue weighted by Gasteiger charge is 2.42. The first-order chi connectivity index (χ1) is 10.6. The van der Waals surface area contributed by atoms with Gasteiger partial charge in [-0.2, -0.15) is 18.3 Å². The van der Waals surface area contributed by atoms with Gasteiger partial charge in [-0.3, -0.25) is 14.3 Å². The van der Waals surface area contributed by atoms with Gasteiger partial charge in [-0.25, -0.2) is 0 Å². The molecule has 0 amide bonds. The van der Waals surface area contributed by atoms with Crippen LogP contribution in [-0.2, 0) is 17.5 Å². The topological polar surface area (TPSA) is 55.2 Å². The summed E-state index contributed by atoms with van der Waals surface area (Å²) in [5, 5.41) is 3.42. The lowest BCUT2D eigenvalue weighted by Gasteiger charge is -2.11. The maximum absolute atomic E-state index is 13.1. The van der Waals surface area contributed by atoms with Crippen molar-refractivity contribution >= 4 is 11.6 Å². The Balaban J connectivity index is 2.48. The molecule has 1 aromatic heterocycles. The largest absolute Gasteiger partial charge is 0.435 e. The number of alkyl halides is 3. The van der Waals surface area contributed by atoms with Gasteiger partial charge in [-0.15, -0.1) is 0 Å². The molecule has 1 aliphatic carbocycles. The number of aromatic nitrogens is 2. The van der Waals surface area contributed by atoms with Crippen LogP contribution in [0.25, 0.3) is 0 Å². The van der Waals surface area contributed by atoms with Crippen molar-refractivity contribution in [2.24, 2.45) is 5.92 Å². The van der Waals surface area contributed by atoms with Gasteiger partial charge < -0.3 is 4.90 Å². The van der Waals surface area contributed by atoms with E-state index in [1.165, 1.54) is 11.1 Å². The highest BCUT2D eigenvalue weighted by Crippen LogP contribution is 2.35. The van der Waals surface area contributed by atoms with E-state index in [0.717, 1.165) is 10.9 Å². The van der Waals surface area contributed by atoms with Crippen LogP contribution < -0.4 is 0 Å². The molecular formula is C15H18F3N3O2. The number of hydrogen-bond donors (Lipinski definition) is 0. The zero-order valence-corrected chi connectivity index (χ0v) is 13.1. The summed E-state index contributed by atoms with van der Waals surface area (Å²) in [4.78, 5) is 26.3. The van der Waals surface area contributed by atoms with Crippen LogP contribution in [0.15, 0.2) is 18.0 Å². The second-order valence-corrected chi connectivity index (χ2v) is 5.72. The molecule has 2 rings (SSSR count). The van der Waals surface area contributed by atoms with Crippen molar-refractivity contribution in [1.82, 2.24) is 14.7 Å². The summed E-state index contributed by atoms with van der Waals surface area (Å²) < 4.78 is 40.4. The predicted octanol–water partition coefficient (Wildman–Crippen LogP) is 2.53. The summed E-state index contributed by atoms with van der Waals surface area (Å²) in [5.74, 6) is -1.59. The van der Waals surface area contributed by atoms with Gasteiger partial charge in [0.1, 0.15) is 0 Å². The molecule has 8 heteroatoms. The van der Waals surface area contributed by atoms with Crippen LogP contribution in [0.1, 0.15) is 35.8 Å². The third-order valence-corrected chi connectivity index (χ3v) is 3.44. The Kier molecular flexibility index (Phi) is 4.63. The molecule has 1 saturated carbocycles. The van der Waals surface area contributed by atoms with Crippen molar-refractivity contribution in [3.63, 3.8) is 0 Å². The van der Waals surface area contributed by atoms with Crippen LogP contribution in [0.3, 0.4) is 0 Å². The second kappa shape index (κ2) is 6.17. The third kappa shape index (κ3) is 3.80. The van der Waals surface area contributed by atoms with Crippen molar-refractivity contribution in [3.05, 3.63) is 29.2 Å². The zero-order chi connectivity index (χ0) is 17.4. The number of rotatable bonds is 6. The Hall–Kier alpha value is -2.12. The monoisotopic (exact) mass is 329 g/mol. The number of allylic oxidation sites excluding steroid dienone is 1. The number of carbonyl (C=O) groups excluding carboxylic acids is 2. The first kappa shape index (κ1) is 17.2. The molecule has 23 heavy (non-hydrogen) atoms. The molecule has 126 valence electrons. The van der Waals surface area contributed by atoms with Crippen molar-refractivity contribution in [2.75, 3.05) is 14.1 Å². The van der Waals surface area contributed by atoms with E-state index in [1.54, 1.807) is 21.0 Å². The zero-order valence-electron chi connectivity index (χ0n) is 13.1. The third-order valence-electron chi connectivity index (χ3n) is 3.44. The number of Topliss-reactive ketones (excluding diaryl/α,β-unsaturated/α-hetero) is 2. The fourth-order valence-electron chi connectivity index (χ4n) is 2.16. The molecule has 0 saturated heterocycles. The number of hydrogen-bond acceptors (Lipinski definition) is 4. The average molecular weight is 329 g/mol.